The van der Waals surface area contributed by atoms with Crippen molar-refractivity contribution in [3.63, 3.8) is 0 Å². The summed E-state index contributed by atoms with van der Waals surface area (Å²) in [6, 6.07) is 17.5. The molecule has 1 N–H and O–H groups in total. The van der Waals surface area contributed by atoms with E-state index in [1.165, 1.54) is 0 Å². The molecule has 0 fully saturated rings. The van der Waals surface area contributed by atoms with Gasteiger partial charge >= 0.3 is 0 Å². The molecule has 28 heavy (non-hydrogen) atoms. The number of rotatable bonds is 5. The first-order valence-corrected chi connectivity index (χ1v) is 8.97. The Morgan fingerprint density at radius 3 is 2.61 bits per heavy atom. The van der Waals surface area contributed by atoms with Gasteiger partial charge in [-0.15, -0.1) is 5.10 Å². The van der Waals surface area contributed by atoms with Crippen molar-refractivity contribution in [1.29, 1.82) is 0 Å². The first-order valence-electron chi connectivity index (χ1n) is 8.97. The monoisotopic (exact) mass is 372 g/mol. The van der Waals surface area contributed by atoms with E-state index in [-0.39, 0.29) is 5.91 Å². The predicted octanol–water partition coefficient (Wildman–Crippen LogP) is 3.38. The van der Waals surface area contributed by atoms with Gasteiger partial charge in [-0.1, -0.05) is 29.5 Å². The highest BCUT2D eigenvalue weighted by atomic mass is 16.2. The fourth-order valence-electron chi connectivity index (χ4n) is 3.01. The smallest absolute Gasteiger partial charge is 0.278 e. The summed E-state index contributed by atoms with van der Waals surface area (Å²) < 4.78 is 3.52. The minimum atomic E-state index is -0.281. The Hall–Kier alpha value is -3.74. The standard InChI is InChI=1S/C21H20N6O/c1-15-5-3-6-19(13-15)27-16(2)20(24-25-27)21(28)23-18-9-7-17(8-10-18)14-26-12-4-11-22-26/h3-13H,14H2,1-2H3,(H,23,28). The molecule has 2 aromatic heterocycles. The fourth-order valence-corrected chi connectivity index (χ4v) is 3.01. The highest BCUT2D eigenvalue weighted by Gasteiger charge is 2.17. The van der Waals surface area contributed by atoms with Gasteiger partial charge in [0, 0.05) is 18.1 Å². The first-order chi connectivity index (χ1) is 13.6. The molecule has 0 unspecified atom stereocenters. The highest BCUT2D eigenvalue weighted by Crippen LogP contribution is 2.16. The third kappa shape index (κ3) is 3.68. The Kier molecular flexibility index (Phi) is 4.72. The predicted molar refractivity (Wildman–Crippen MR) is 107 cm³/mol. The second-order valence-electron chi connectivity index (χ2n) is 6.63. The number of carbonyl (C=O) groups is 1. The van der Waals surface area contributed by atoms with Crippen molar-refractivity contribution >= 4 is 11.6 Å². The number of benzene rings is 2. The molecule has 2 heterocycles. The van der Waals surface area contributed by atoms with Gasteiger partial charge in [0.15, 0.2) is 5.69 Å². The van der Waals surface area contributed by atoms with Crippen LogP contribution in [0.25, 0.3) is 5.69 Å². The van der Waals surface area contributed by atoms with Crippen molar-refractivity contribution in [2.24, 2.45) is 0 Å². The molecule has 0 aliphatic carbocycles. The normalized spacial score (nSPS) is 10.8. The van der Waals surface area contributed by atoms with Crippen molar-refractivity contribution in [3.8, 4) is 5.69 Å². The van der Waals surface area contributed by atoms with E-state index in [0.29, 0.717) is 23.6 Å². The van der Waals surface area contributed by atoms with Crippen LogP contribution in [-0.2, 0) is 6.54 Å². The van der Waals surface area contributed by atoms with Crippen LogP contribution in [0.5, 0.6) is 0 Å². The molecule has 140 valence electrons. The Labute approximate surface area is 162 Å². The molecule has 2 aromatic carbocycles. The molecule has 0 saturated heterocycles. The molecular formula is C21H20N6O. The van der Waals surface area contributed by atoms with E-state index in [9.17, 15) is 4.79 Å². The molecule has 4 rings (SSSR count). The first kappa shape index (κ1) is 17.7. The molecule has 0 saturated carbocycles. The fraction of sp³-hybridized carbons (Fsp3) is 0.143. The van der Waals surface area contributed by atoms with Crippen LogP contribution < -0.4 is 5.32 Å². The Morgan fingerprint density at radius 1 is 1.07 bits per heavy atom. The van der Waals surface area contributed by atoms with Gasteiger partial charge in [0.2, 0.25) is 0 Å². The number of carbonyl (C=O) groups excluding carboxylic acids is 1. The van der Waals surface area contributed by atoms with Crippen LogP contribution in [0.1, 0.15) is 27.3 Å². The maximum atomic E-state index is 12.6. The van der Waals surface area contributed by atoms with E-state index in [4.69, 9.17) is 0 Å². The molecule has 0 bridgehead atoms. The lowest BCUT2D eigenvalue weighted by atomic mass is 10.2. The topological polar surface area (TPSA) is 77.6 Å². The van der Waals surface area contributed by atoms with Crippen molar-refractivity contribution in [2.45, 2.75) is 20.4 Å². The van der Waals surface area contributed by atoms with Crippen molar-refractivity contribution in [2.75, 3.05) is 5.32 Å². The zero-order chi connectivity index (χ0) is 19.5. The summed E-state index contributed by atoms with van der Waals surface area (Å²) in [7, 11) is 0. The van der Waals surface area contributed by atoms with E-state index in [0.717, 1.165) is 16.8 Å². The quantitative estimate of drug-likeness (QED) is 0.583. The largest absolute Gasteiger partial charge is 0.321 e. The second kappa shape index (κ2) is 7.48. The molecule has 0 aliphatic rings. The zero-order valence-electron chi connectivity index (χ0n) is 15.7. The van der Waals surface area contributed by atoms with Crippen LogP contribution in [-0.4, -0.2) is 30.7 Å². The molecular weight excluding hydrogens is 352 g/mol. The molecule has 7 nitrogen and oxygen atoms in total. The van der Waals surface area contributed by atoms with Crippen LogP contribution in [0, 0.1) is 13.8 Å². The molecule has 0 spiro atoms. The van der Waals surface area contributed by atoms with Gasteiger partial charge in [0.1, 0.15) is 0 Å². The Balaban J connectivity index is 1.48. The second-order valence-corrected chi connectivity index (χ2v) is 6.63. The average molecular weight is 372 g/mol. The van der Waals surface area contributed by atoms with Crippen molar-refractivity contribution < 1.29 is 4.79 Å². The number of aromatic nitrogens is 5. The van der Waals surface area contributed by atoms with Crippen LogP contribution in [0.15, 0.2) is 67.0 Å². The third-order valence-electron chi connectivity index (χ3n) is 4.47. The van der Waals surface area contributed by atoms with Gasteiger partial charge in [-0.3, -0.25) is 9.48 Å². The van der Waals surface area contributed by atoms with Crippen molar-refractivity contribution in [1.82, 2.24) is 24.8 Å². The van der Waals surface area contributed by atoms with E-state index in [2.05, 4.69) is 20.7 Å². The summed E-state index contributed by atoms with van der Waals surface area (Å²) in [5.74, 6) is -0.281. The Bertz CT molecular complexity index is 1100. The van der Waals surface area contributed by atoms with Crippen molar-refractivity contribution in [3.05, 3.63) is 89.5 Å². The summed E-state index contributed by atoms with van der Waals surface area (Å²) in [4.78, 5) is 12.6. The lowest BCUT2D eigenvalue weighted by Crippen LogP contribution is -2.14. The molecule has 7 heteroatoms. The Morgan fingerprint density at radius 2 is 1.89 bits per heavy atom. The van der Waals surface area contributed by atoms with E-state index in [1.54, 1.807) is 10.9 Å². The van der Waals surface area contributed by atoms with Gasteiger partial charge in [-0.05, 0) is 55.3 Å². The summed E-state index contributed by atoms with van der Waals surface area (Å²) in [5, 5.41) is 15.3. The summed E-state index contributed by atoms with van der Waals surface area (Å²) in [6.07, 6.45) is 3.66. The van der Waals surface area contributed by atoms with Crippen LogP contribution in [0.4, 0.5) is 5.69 Å². The van der Waals surface area contributed by atoms with E-state index in [1.807, 2.05) is 79.3 Å². The third-order valence-corrected chi connectivity index (χ3v) is 4.47. The van der Waals surface area contributed by atoms with Crippen LogP contribution >= 0.6 is 0 Å². The highest BCUT2D eigenvalue weighted by molar-refractivity contribution is 6.03. The molecule has 0 atom stereocenters. The summed E-state index contributed by atoms with van der Waals surface area (Å²) in [6.45, 7) is 4.54. The maximum Gasteiger partial charge on any atom is 0.278 e. The average Bonchev–Trinajstić information content (AvgIpc) is 3.33. The number of nitrogens with zero attached hydrogens (tertiary/aromatic N) is 5. The number of anilines is 1. The van der Waals surface area contributed by atoms with Crippen LogP contribution in [0.3, 0.4) is 0 Å². The zero-order valence-corrected chi connectivity index (χ0v) is 15.7. The molecule has 1 amide bonds. The maximum absolute atomic E-state index is 12.6. The summed E-state index contributed by atoms with van der Waals surface area (Å²) in [5.41, 5.74) is 4.81. The van der Waals surface area contributed by atoms with Gasteiger partial charge in [0.25, 0.3) is 5.91 Å². The molecule has 0 radical (unpaired) electrons. The number of hydrogen-bond acceptors (Lipinski definition) is 4. The van der Waals surface area contributed by atoms with E-state index >= 15 is 0 Å². The van der Waals surface area contributed by atoms with E-state index < -0.39 is 0 Å². The van der Waals surface area contributed by atoms with Gasteiger partial charge in [-0.25, -0.2) is 4.68 Å². The molecule has 4 aromatic rings. The lowest BCUT2D eigenvalue weighted by Gasteiger charge is -2.07. The van der Waals surface area contributed by atoms with Crippen LogP contribution in [0.2, 0.25) is 0 Å². The molecule has 0 aliphatic heterocycles. The minimum absolute atomic E-state index is 0.281. The number of aryl methyl sites for hydroxylation is 1. The van der Waals surface area contributed by atoms with Gasteiger partial charge in [0.05, 0.1) is 17.9 Å². The number of amides is 1. The number of nitrogens with one attached hydrogen (secondary N) is 1. The SMILES string of the molecule is Cc1cccc(-n2nnc(C(=O)Nc3ccc(Cn4cccn4)cc3)c2C)c1. The van der Waals surface area contributed by atoms with Gasteiger partial charge in [-0.2, -0.15) is 5.10 Å². The number of hydrogen-bond donors (Lipinski definition) is 1. The lowest BCUT2D eigenvalue weighted by molar-refractivity contribution is 0.102. The summed E-state index contributed by atoms with van der Waals surface area (Å²) >= 11 is 0. The van der Waals surface area contributed by atoms with Gasteiger partial charge < -0.3 is 5.32 Å². The minimum Gasteiger partial charge on any atom is -0.321 e.